The fraction of sp³-hybridized carbons (Fsp3) is 0.565. The number of tetrazole rings is 1. The third-order valence-electron chi connectivity index (χ3n) is 6.70. The van der Waals surface area contributed by atoms with Crippen LogP contribution < -0.4 is 5.56 Å². The van der Waals surface area contributed by atoms with Gasteiger partial charge >= 0.3 is 0 Å². The lowest BCUT2D eigenvalue weighted by atomic mass is 9.98. The van der Waals surface area contributed by atoms with E-state index in [9.17, 15) is 4.79 Å². The predicted molar refractivity (Wildman–Crippen MR) is 122 cm³/mol. The molecule has 2 aromatic heterocycles. The van der Waals surface area contributed by atoms with Gasteiger partial charge in [-0.15, -0.1) is 5.10 Å². The molecule has 0 aliphatic carbocycles. The molecule has 0 saturated carbocycles. The Bertz CT molecular complexity index is 1140. The standard InChI is InChI=1S/C23H33N7O/c1-7-23(4,5)30-21(25-26-27-30)20(29-10-8-28(6)9-11-29)18-14-17-13-15(2)12-16(3)19(17)24-22(18)31/h12-14,20H,7-11H2,1-6H3,(H,24,31)/t20-/m0/s1. The number of fused-ring (bicyclic) bond motifs is 1. The lowest BCUT2D eigenvalue weighted by molar-refractivity contribution is 0.117. The van der Waals surface area contributed by atoms with Crippen LogP contribution in [-0.2, 0) is 5.54 Å². The van der Waals surface area contributed by atoms with Gasteiger partial charge in [-0.25, -0.2) is 4.68 Å². The minimum absolute atomic E-state index is 0.0766. The fourth-order valence-electron chi connectivity index (χ4n) is 4.43. The zero-order valence-corrected chi connectivity index (χ0v) is 19.4. The van der Waals surface area contributed by atoms with Gasteiger partial charge in [-0.3, -0.25) is 9.69 Å². The van der Waals surface area contributed by atoms with Gasteiger partial charge in [0.25, 0.3) is 5.56 Å². The number of aryl methyl sites for hydroxylation is 2. The predicted octanol–water partition coefficient (Wildman–Crippen LogP) is 2.61. The Hall–Kier alpha value is -2.58. The second-order valence-electron chi connectivity index (χ2n) is 9.46. The van der Waals surface area contributed by atoms with E-state index in [0.29, 0.717) is 5.56 Å². The quantitative estimate of drug-likeness (QED) is 0.679. The third kappa shape index (κ3) is 4.02. The molecule has 166 valence electrons. The van der Waals surface area contributed by atoms with Crippen molar-refractivity contribution in [1.29, 1.82) is 0 Å². The van der Waals surface area contributed by atoms with Gasteiger partial charge in [0.2, 0.25) is 0 Å². The molecule has 0 radical (unpaired) electrons. The molecule has 0 amide bonds. The van der Waals surface area contributed by atoms with E-state index in [0.717, 1.165) is 54.9 Å². The average Bonchev–Trinajstić information content (AvgIpc) is 3.21. The van der Waals surface area contributed by atoms with Crippen molar-refractivity contribution >= 4 is 10.9 Å². The SMILES string of the molecule is CCC(C)(C)n1nnnc1[C@H](c1cc2cc(C)cc(C)c2[nH]c1=O)N1CCN(C)CC1. The Kier molecular flexibility index (Phi) is 5.70. The van der Waals surface area contributed by atoms with E-state index in [-0.39, 0.29) is 17.1 Å². The van der Waals surface area contributed by atoms with E-state index in [2.05, 4.69) is 77.2 Å². The number of nitrogens with zero attached hydrogens (tertiary/aromatic N) is 6. The summed E-state index contributed by atoms with van der Waals surface area (Å²) in [5.41, 5.74) is 3.52. The van der Waals surface area contributed by atoms with Crippen molar-refractivity contribution in [3.63, 3.8) is 0 Å². The largest absolute Gasteiger partial charge is 0.321 e. The molecule has 8 heteroatoms. The van der Waals surface area contributed by atoms with E-state index in [1.165, 1.54) is 5.56 Å². The molecular weight excluding hydrogens is 390 g/mol. The summed E-state index contributed by atoms with van der Waals surface area (Å²) in [5, 5.41) is 13.9. The number of likely N-dealkylation sites (N-methyl/N-ethyl adjacent to an activating group) is 1. The summed E-state index contributed by atoms with van der Waals surface area (Å²) in [6, 6.07) is 5.96. The highest BCUT2D eigenvalue weighted by atomic mass is 16.1. The normalized spacial score (nSPS) is 17.4. The fourth-order valence-corrected chi connectivity index (χ4v) is 4.43. The second kappa shape index (κ2) is 8.16. The number of nitrogens with one attached hydrogen (secondary N) is 1. The van der Waals surface area contributed by atoms with Crippen LogP contribution in [0.1, 0.15) is 55.7 Å². The summed E-state index contributed by atoms with van der Waals surface area (Å²) in [4.78, 5) is 21.2. The number of hydrogen-bond donors (Lipinski definition) is 1. The topological polar surface area (TPSA) is 82.9 Å². The highest BCUT2D eigenvalue weighted by Crippen LogP contribution is 2.31. The van der Waals surface area contributed by atoms with Crippen LogP contribution in [0.3, 0.4) is 0 Å². The molecule has 3 aromatic rings. The summed E-state index contributed by atoms with van der Waals surface area (Å²) in [5.74, 6) is 0.727. The van der Waals surface area contributed by atoms with Gasteiger partial charge in [-0.05, 0) is 74.7 Å². The van der Waals surface area contributed by atoms with E-state index in [1.54, 1.807) is 0 Å². The summed E-state index contributed by atoms with van der Waals surface area (Å²) >= 11 is 0. The monoisotopic (exact) mass is 423 g/mol. The minimum Gasteiger partial charge on any atom is -0.321 e. The molecule has 0 bridgehead atoms. The van der Waals surface area contributed by atoms with Crippen LogP contribution in [0.15, 0.2) is 23.0 Å². The maximum absolute atomic E-state index is 13.4. The number of aromatic amines is 1. The first kappa shape index (κ1) is 21.6. The van der Waals surface area contributed by atoms with Gasteiger partial charge in [-0.2, -0.15) is 0 Å². The van der Waals surface area contributed by atoms with Crippen LogP contribution in [-0.4, -0.2) is 68.2 Å². The first-order valence-corrected chi connectivity index (χ1v) is 11.1. The van der Waals surface area contributed by atoms with Crippen LogP contribution >= 0.6 is 0 Å². The average molecular weight is 424 g/mol. The van der Waals surface area contributed by atoms with Crippen molar-refractivity contribution in [2.45, 2.75) is 52.6 Å². The minimum atomic E-state index is -0.302. The molecule has 3 heterocycles. The van der Waals surface area contributed by atoms with E-state index in [4.69, 9.17) is 0 Å². The van der Waals surface area contributed by atoms with Crippen molar-refractivity contribution < 1.29 is 0 Å². The van der Waals surface area contributed by atoms with Crippen molar-refractivity contribution in [1.82, 2.24) is 35.0 Å². The van der Waals surface area contributed by atoms with Gasteiger partial charge in [0.15, 0.2) is 5.82 Å². The molecule has 1 fully saturated rings. The molecule has 4 rings (SSSR count). The van der Waals surface area contributed by atoms with Crippen LogP contribution in [0.25, 0.3) is 10.9 Å². The van der Waals surface area contributed by atoms with Crippen LogP contribution in [0.4, 0.5) is 0 Å². The van der Waals surface area contributed by atoms with Crippen LogP contribution in [0.2, 0.25) is 0 Å². The Morgan fingerprint density at radius 1 is 1.13 bits per heavy atom. The first-order valence-electron chi connectivity index (χ1n) is 11.1. The Morgan fingerprint density at radius 2 is 1.84 bits per heavy atom. The molecule has 31 heavy (non-hydrogen) atoms. The van der Waals surface area contributed by atoms with Crippen molar-refractivity contribution in [2.75, 3.05) is 33.2 Å². The number of rotatable bonds is 5. The summed E-state index contributed by atoms with van der Waals surface area (Å²) in [6.07, 6.45) is 0.882. The zero-order valence-electron chi connectivity index (χ0n) is 19.4. The molecule has 0 spiro atoms. The molecular formula is C23H33N7O. The Morgan fingerprint density at radius 3 is 2.52 bits per heavy atom. The van der Waals surface area contributed by atoms with E-state index < -0.39 is 0 Å². The molecule has 1 aromatic carbocycles. The molecule has 8 nitrogen and oxygen atoms in total. The summed E-state index contributed by atoms with van der Waals surface area (Å²) in [6.45, 7) is 14.1. The molecule has 1 N–H and O–H groups in total. The molecule has 1 aliphatic heterocycles. The number of aromatic nitrogens is 5. The maximum Gasteiger partial charge on any atom is 0.253 e. The third-order valence-corrected chi connectivity index (χ3v) is 6.70. The van der Waals surface area contributed by atoms with Crippen LogP contribution in [0.5, 0.6) is 0 Å². The highest BCUT2D eigenvalue weighted by Gasteiger charge is 2.35. The molecule has 1 aliphatic rings. The number of benzene rings is 1. The van der Waals surface area contributed by atoms with Gasteiger partial charge in [0.05, 0.1) is 11.1 Å². The molecule has 1 saturated heterocycles. The van der Waals surface area contributed by atoms with Gasteiger partial charge in [0, 0.05) is 31.7 Å². The lowest BCUT2D eigenvalue weighted by Crippen LogP contribution is -2.48. The van der Waals surface area contributed by atoms with Gasteiger partial charge < -0.3 is 9.88 Å². The Balaban J connectivity index is 1.92. The number of hydrogen-bond acceptors (Lipinski definition) is 6. The van der Waals surface area contributed by atoms with Crippen LogP contribution in [0, 0.1) is 13.8 Å². The van der Waals surface area contributed by atoms with Crippen molar-refractivity contribution in [3.05, 3.63) is 51.1 Å². The van der Waals surface area contributed by atoms with Gasteiger partial charge in [0.1, 0.15) is 6.04 Å². The second-order valence-corrected chi connectivity index (χ2v) is 9.46. The number of H-pyrrole nitrogens is 1. The zero-order chi connectivity index (χ0) is 22.3. The molecule has 0 unspecified atom stereocenters. The summed E-state index contributed by atoms with van der Waals surface area (Å²) in [7, 11) is 2.13. The smallest absolute Gasteiger partial charge is 0.253 e. The molecule has 1 atom stereocenters. The highest BCUT2D eigenvalue weighted by molar-refractivity contribution is 5.83. The van der Waals surface area contributed by atoms with Gasteiger partial charge in [-0.1, -0.05) is 18.6 Å². The summed E-state index contributed by atoms with van der Waals surface area (Å²) < 4.78 is 1.90. The first-order chi connectivity index (χ1) is 14.7. The van der Waals surface area contributed by atoms with E-state index in [1.807, 2.05) is 17.7 Å². The lowest BCUT2D eigenvalue weighted by Gasteiger charge is -2.38. The van der Waals surface area contributed by atoms with Crippen molar-refractivity contribution in [2.24, 2.45) is 0 Å². The van der Waals surface area contributed by atoms with E-state index >= 15 is 0 Å². The Labute approximate surface area is 183 Å². The number of pyridine rings is 1. The maximum atomic E-state index is 13.4. The van der Waals surface area contributed by atoms with Crippen molar-refractivity contribution in [3.8, 4) is 0 Å². The number of piperazine rings is 1.